The van der Waals surface area contributed by atoms with E-state index in [1.54, 1.807) is 18.2 Å². The van der Waals surface area contributed by atoms with E-state index in [1.807, 2.05) is 0 Å². The predicted molar refractivity (Wildman–Crippen MR) is 113 cm³/mol. The Morgan fingerprint density at radius 2 is 1.86 bits per heavy atom. The van der Waals surface area contributed by atoms with Crippen LogP contribution in [0.4, 0.5) is 11.4 Å². The Kier molecular flexibility index (Phi) is 8.16. The number of ether oxygens (including phenoxy) is 2. The van der Waals surface area contributed by atoms with E-state index >= 15 is 0 Å². The van der Waals surface area contributed by atoms with Crippen molar-refractivity contribution >= 4 is 34.6 Å². The second-order valence-electron chi connectivity index (χ2n) is 5.90. The Morgan fingerprint density at radius 3 is 2.48 bits per heavy atom. The van der Waals surface area contributed by atoms with Gasteiger partial charge in [0.25, 0.3) is 11.6 Å². The fourth-order valence-corrected chi connectivity index (χ4v) is 2.44. The van der Waals surface area contributed by atoms with Crippen LogP contribution >= 0.6 is 12.2 Å². The summed E-state index contributed by atoms with van der Waals surface area (Å²) in [4.78, 5) is 22.5. The topological polar surface area (TPSA) is 115 Å². The van der Waals surface area contributed by atoms with Gasteiger partial charge in [-0.25, -0.2) is 0 Å². The maximum absolute atomic E-state index is 12.3. The van der Waals surface area contributed by atoms with Crippen molar-refractivity contribution in [3.63, 3.8) is 0 Å². The van der Waals surface area contributed by atoms with Crippen molar-refractivity contribution in [2.45, 2.75) is 19.8 Å². The number of rotatable bonds is 8. The second-order valence-corrected chi connectivity index (χ2v) is 6.31. The number of unbranched alkanes of at least 4 members (excludes halogenated alkanes) is 1. The van der Waals surface area contributed by atoms with Crippen LogP contribution in [0.1, 0.15) is 30.1 Å². The minimum atomic E-state index is -0.491. The number of benzene rings is 2. The van der Waals surface area contributed by atoms with Crippen molar-refractivity contribution in [2.24, 2.45) is 0 Å². The molecule has 2 aromatic carbocycles. The predicted octanol–water partition coefficient (Wildman–Crippen LogP) is 3.41. The van der Waals surface area contributed by atoms with Crippen molar-refractivity contribution < 1.29 is 19.2 Å². The molecular formula is C19H22N4O5S. The zero-order chi connectivity index (χ0) is 21.2. The van der Waals surface area contributed by atoms with E-state index in [4.69, 9.17) is 21.7 Å². The smallest absolute Gasteiger partial charge is 0.269 e. The quantitative estimate of drug-likeness (QED) is 0.259. The Hall–Kier alpha value is -3.40. The van der Waals surface area contributed by atoms with E-state index in [0.717, 1.165) is 12.8 Å². The Labute approximate surface area is 173 Å². The van der Waals surface area contributed by atoms with Gasteiger partial charge in [-0.3, -0.25) is 25.8 Å². The number of non-ortho nitro benzene ring substituents is 1. The van der Waals surface area contributed by atoms with Gasteiger partial charge in [-0.2, -0.15) is 0 Å². The first-order chi connectivity index (χ1) is 13.9. The Morgan fingerprint density at radius 1 is 1.14 bits per heavy atom. The van der Waals surface area contributed by atoms with E-state index in [-0.39, 0.29) is 10.8 Å². The van der Waals surface area contributed by atoms with E-state index in [9.17, 15) is 14.9 Å². The van der Waals surface area contributed by atoms with Crippen LogP contribution in [0.5, 0.6) is 11.5 Å². The molecule has 29 heavy (non-hydrogen) atoms. The molecule has 0 spiro atoms. The molecule has 2 aromatic rings. The summed E-state index contributed by atoms with van der Waals surface area (Å²) in [5.41, 5.74) is 5.92. The average Bonchev–Trinajstić information content (AvgIpc) is 2.72. The van der Waals surface area contributed by atoms with E-state index in [1.165, 1.54) is 31.4 Å². The lowest BCUT2D eigenvalue weighted by molar-refractivity contribution is -0.384. The minimum absolute atomic E-state index is 0.0289. The number of carbonyl (C=O) groups excluding carboxylic acids is 1. The summed E-state index contributed by atoms with van der Waals surface area (Å²) in [6.07, 6.45) is 1.94. The van der Waals surface area contributed by atoms with Crippen LogP contribution in [0.15, 0.2) is 42.5 Å². The number of methoxy groups -OCH3 is 1. The number of nitro benzene ring substituents is 1. The first-order valence-electron chi connectivity index (χ1n) is 8.87. The molecule has 0 radical (unpaired) electrons. The number of anilines is 1. The van der Waals surface area contributed by atoms with Crippen molar-refractivity contribution in [1.82, 2.24) is 10.9 Å². The lowest BCUT2D eigenvalue weighted by Crippen LogP contribution is -2.43. The Bertz CT molecular complexity index is 873. The van der Waals surface area contributed by atoms with E-state index in [2.05, 4.69) is 23.1 Å². The molecule has 0 atom stereocenters. The molecule has 0 bridgehead atoms. The molecule has 10 heteroatoms. The minimum Gasteiger partial charge on any atom is -0.493 e. The number of nitrogens with one attached hydrogen (secondary N) is 3. The molecule has 2 rings (SSSR count). The van der Waals surface area contributed by atoms with Gasteiger partial charge in [0.1, 0.15) is 0 Å². The summed E-state index contributed by atoms with van der Waals surface area (Å²) >= 11 is 5.10. The van der Waals surface area contributed by atoms with Crippen molar-refractivity contribution in [3.05, 3.63) is 58.1 Å². The van der Waals surface area contributed by atoms with Crippen LogP contribution in [-0.4, -0.2) is 29.7 Å². The molecule has 0 aromatic heterocycles. The summed E-state index contributed by atoms with van der Waals surface area (Å²) in [6, 6.07) is 10.6. The molecule has 3 N–H and O–H groups in total. The number of nitrogens with zero attached hydrogens (tertiary/aromatic N) is 1. The third-order valence-corrected chi connectivity index (χ3v) is 4.01. The van der Waals surface area contributed by atoms with Crippen molar-refractivity contribution in [2.75, 3.05) is 19.0 Å². The molecule has 0 unspecified atom stereocenters. The van der Waals surface area contributed by atoms with Crippen LogP contribution in [0.25, 0.3) is 0 Å². The lowest BCUT2D eigenvalue weighted by atomic mass is 10.2. The highest BCUT2D eigenvalue weighted by Gasteiger charge is 2.12. The molecule has 1 amide bonds. The number of carbonyl (C=O) groups is 1. The fourth-order valence-electron chi connectivity index (χ4n) is 2.27. The van der Waals surface area contributed by atoms with Gasteiger partial charge in [-0.15, -0.1) is 0 Å². The summed E-state index contributed by atoms with van der Waals surface area (Å²) in [7, 11) is 1.51. The monoisotopic (exact) mass is 418 g/mol. The van der Waals surface area contributed by atoms with Crippen molar-refractivity contribution in [1.29, 1.82) is 0 Å². The number of amides is 1. The molecule has 0 fully saturated rings. The fraction of sp³-hybridized carbons (Fsp3) is 0.263. The summed E-state index contributed by atoms with van der Waals surface area (Å²) in [5, 5.41) is 13.6. The van der Waals surface area contributed by atoms with Gasteiger partial charge in [0.05, 0.1) is 18.6 Å². The maximum atomic E-state index is 12.3. The number of thiocarbonyl (C=S) groups is 1. The number of nitro groups is 1. The van der Waals surface area contributed by atoms with Crippen LogP contribution < -0.4 is 25.6 Å². The molecule has 154 valence electrons. The van der Waals surface area contributed by atoms with Crippen LogP contribution in [0, 0.1) is 10.1 Å². The first kappa shape index (κ1) is 21.9. The Balaban J connectivity index is 1.90. The number of hydrazine groups is 1. The third-order valence-electron chi connectivity index (χ3n) is 3.81. The normalized spacial score (nSPS) is 10.0. The van der Waals surface area contributed by atoms with Crippen molar-refractivity contribution in [3.8, 4) is 11.5 Å². The zero-order valence-electron chi connectivity index (χ0n) is 16.1. The summed E-state index contributed by atoms with van der Waals surface area (Å²) < 4.78 is 10.9. The molecule has 0 aliphatic heterocycles. The zero-order valence-corrected chi connectivity index (χ0v) is 16.9. The molecule has 0 aliphatic carbocycles. The van der Waals surface area contributed by atoms with Gasteiger partial charge in [-0.1, -0.05) is 13.3 Å². The molecule has 0 aliphatic rings. The maximum Gasteiger partial charge on any atom is 0.269 e. The average molecular weight is 418 g/mol. The highest BCUT2D eigenvalue weighted by atomic mass is 32.1. The number of hydrogen-bond acceptors (Lipinski definition) is 6. The molecular weight excluding hydrogens is 396 g/mol. The van der Waals surface area contributed by atoms with Gasteiger partial charge >= 0.3 is 0 Å². The lowest BCUT2D eigenvalue weighted by Gasteiger charge is -2.13. The highest BCUT2D eigenvalue weighted by Crippen LogP contribution is 2.28. The van der Waals surface area contributed by atoms with E-state index in [0.29, 0.717) is 29.4 Å². The largest absolute Gasteiger partial charge is 0.493 e. The van der Waals surface area contributed by atoms with Gasteiger partial charge in [0, 0.05) is 23.4 Å². The van der Waals surface area contributed by atoms with Gasteiger partial charge in [-0.05, 0) is 49.0 Å². The molecule has 0 saturated carbocycles. The number of hydrogen-bond donors (Lipinski definition) is 3. The molecule has 9 nitrogen and oxygen atoms in total. The molecule has 0 saturated heterocycles. The highest BCUT2D eigenvalue weighted by molar-refractivity contribution is 7.80. The third kappa shape index (κ3) is 6.61. The van der Waals surface area contributed by atoms with E-state index < -0.39 is 10.8 Å². The molecule has 0 heterocycles. The van der Waals surface area contributed by atoms with Gasteiger partial charge in [0.2, 0.25) is 0 Å². The summed E-state index contributed by atoms with van der Waals surface area (Å²) in [6.45, 7) is 2.64. The SMILES string of the molecule is CCCCOc1ccc(C(=O)NNC(=S)Nc2ccc([N+](=O)[O-])cc2)cc1OC. The standard InChI is InChI=1S/C19H22N4O5S/c1-3-4-11-28-16-10-5-13(12-17(16)27-2)18(24)21-22-19(29)20-14-6-8-15(9-7-14)23(25)26/h5-10,12H,3-4,11H2,1-2H3,(H,21,24)(H2,20,22,29). The summed E-state index contributed by atoms with van der Waals surface area (Å²) in [5.74, 6) is 0.609. The van der Waals surface area contributed by atoms with Crippen LogP contribution in [-0.2, 0) is 0 Å². The van der Waals surface area contributed by atoms with Crippen LogP contribution in [0.2, 0.25) is 0 Å². The first-order valence-corrected chi connectivity index (χ1v) is 9.28. The van der Waals surface area contributed by atoms with Gasteiger partial charge < -0.3 is 14.8 Å². The van der Waals surface area contributed by atoms with Crippen LogP contribution in [0.3, 0.4) is 0 Å². The second kappa shape index (κ2) is 10.8. The van der Waals surface area contributed by atoms with Gasteiger partial charge in [0.15, 0.2) is 16.6 Å².